The van der Waals surface area contributed by atoms with E-state index in [1.165, 1.54) is 18.2 Å². The molecule has 0 spiro atoms. The molecule has 0 saturated carbocycles. The summed E-state index contributed by atoms with van der Waals surface area (Å²) in [7, 11) is 0. The number of phenolic OH excluding ortho intramolecular Hbond substituents is 2. The number of aromatic nitrogens is 1. The number of nitro groups is 1. The maximum Gasteiger partial charge on any atom is 0.434 e. The van der Waals surface area contributed by atoms with Crippen molar-refractivity contribution in [1.82, 2.24) is 4.98 Å². The Kier molecular flexibility index (Phi) is 4.03. The number of nitrogens with zero attached hydrogens (tertiary/aromatic N) is 2. The molecule has 7 nitrogen and oxygen atoms in total. The van der Waals surface area contributed by atoms with Crippen molar-refractivity contribution in [2.75, 3.05) is 0 Å². The van der Waals surface area contributed by atoms with Gasteiger partial charge in [-0.2, -0.15) is 13.2 Å². The fraction of sp³-hybridized carbons (Fsp3) is 0.0625. The highest BCUT2D eigenvalue weighted by Crippen LogP contribution is 2.41. The Bertz CT molecular complexity index is 998. The van der Waals surface area contributed by atoms with Gasteiger partial charge in [0.05, 0.1) is 11.2 Å². The molecule has 0 aliphatic rings. The monoisotopic (exact) mass is 366 g/mol. The molecule has 0 saturated heterocycles. The number of halogens is 3. The van der Waals surface area contributed by atoms with E-state index >= 15 is 0 Å². The van der Waals surface area contributed by atoms with Crippen LogP contribution in [0.15, 0.2) is 47.2 Å². The minimum Gasteiger partial charge on any atom is -0.504 e. The quantitative estimate of drug-likeness (QED) is 0.405. The summed E-state index contributed by atoms with van der Waals surface area (Å²) in [4.78, 5) is 13.3. The molecule has 0 fully saturated rings. The number of furan rings is 1. The van der Waals surface area contributed by atoms with E-state index in [0.29, 0.717) is 0 Å². The largest absolute Gasteiger partial charge is 0.504 e. The zero-order valence-corrected chi connectivity index (χ0v) is 12.7. The van der Waals surface area contributed by atoms with Crippen LogP contribution in [0.4, 0.5) is 18.9 Å². The molecular formula is C16H9F3N2O5. The van der Waals surface area contributed by atoms with Crippen molar-refractivity contribution in [3.05, 3.63) is 58.6 Å². The average molecular weight is 366 g/mol. The Balaban J connectivity index is 2.09. The van der Waals surface area contributed by atoms with Gasteiger partial charge in [0.2, 0.25) is 5.75 Å². The number of phenols is 2. The van der Waals surface area contributed by atoms with E-state index in [1.54, 1.807) is 0 Å². The second-order valence-corrected chi connectivity index (χ2v) is 5.22. The van der Waals surface area contributed by atoms with Crippen molar-refractivity contribution < 1.29 is 32.7 Å². The number of alkyl halides is 3. The van der Waals surface area contributed by atoms with Gasteiger partial charge in [-0.25, -0.2) is 0 Å². The number of nitro benzene ring substituents is 1. The van der Waals surface area contributed by atoms with Crippen molar-refractivity contribution in [2.45, 2.75) is 6.18 Å². The molecular weight excluding hydrogens is 357 g/mol. The minimum absolute atomic E-state index is 0.0828. The van der Waals surface area contributed by atoms with Gasteiger partial charge in [0.15, 0.2) is 11.4 Å². The lowest BCUT2D eigenvalue weighted by atomic mass is 10.0. The van der Waals surface area contributed by atoms with Crippen LogP contribution in [0.1, 0.15) is 5.69 Å². The Labute approximate surface area is 143 Å². The third-order valence-electron chi connectivity index (χ3n) is 3.54. The predicted octanol–water partition coefficient (Wildman–Crippen LogP) is 4.35. The lowest BCUT2D eigenvalue weighted by molar-refractivity contribution is -0.385. The zero-order valence-electron chi connectivity index (χ0n) is 12.7. The smallest absolute Gasteiger partial charge is 0.434 e. The number of hydrogen-bond acceptors (Lipinski definition) is 6. The summed E-state index contributed by atoms with van der Waals surface area (Å²) in [6, 6.07) is 5.71. The van der Waals surface area contributed by atoms with Crippen LogP contribution in [0, 0.1) is 10.1 Å². The summed E-state index contributed by atoms with van der Waals surface area (Å²) in [6.45, 7) is 0. The normalized spacial score (nSPS) is 11.5. The van der Waals surface area contributed by atoms with Gasteiger partial charge in [0, 0.05) is 23.4 Å². The van der Waals surface area contributed by atoms with Crippen molar-refractivity contribution in [2.24, 2.45) is 0 Å². The van der Waals surface area contributed by atoms with Gasteiger partial charge in [-0.1, -0.05) is 0 Å². The molecule has 0 radical (unpaired) electrons. The van der Waals surface area contributed by atoms with E-state index in [1.807, 2.05) is 0 Å². The van der Waals surface area contributed by atoms with Crippen LogP contribution in [0.3, 0.4) is 0 Å². The van der Waals surface area contributed by atoms with Crippen LogP contribution >= 0.6 is 0 Å². The third kappa shape index (κ3) is 3.04. The van der Waals surface area contributed by atoms with E-state index in [-0.39, 0.29) is 22.5 Å². The summed E-state index contributed by atoms with van der Waals surface area (Å²) in [5.74, 6) is -1.81. The van der Waals surface area contributed by atoms with Crippen molar-refractivity contribution in [3.8, 4) is 33.9 Å². The van der Waals surface area contributed by atoms with Crippen molar-refractivity contribution in [1.29, 1.82) is 0 Å². The molecule has 2 heterocycles. The first kappa shape index (κ1) is 17.3. The van der Waals surface area contributed by atoms with E-state index in [0.717, 1.165) is 24.6 Å². The molecule has 0 aliphatic carbocycles. The highest BCUT2D eigenvalue weighted by Gasteiger charge is 2.36. The van der Waals surface area contributed by atoms with E-state index in [9.17, 15) is 33.5 Å². The summed E-state index contributed by atoms with van der Waals surface area (Å²) in [6.07, 6.45) is -2.62. The molecule has 134 valence electrons. The van der Waals surface area contributed by atoms with Gasteiger partial charge in [0.25, 0.3) is 0 Å². The summed E-state index contributed by atoms with van der Waals surface area (Å²) < 4.78 is 44.3. The standard InChI is InChI=1S/C16H9F3N2O5/c17-16(18,19)15-10(2-1-3-20-15)13-6-9(7-26-13)8-4-11(21(24)25)14(23)12(22)5-8/h1-7,22-23H. The first-order valence-electron chi connectivity index (χ1n) is 7.00. The summed E-state index contributed by atoms with van der Waals surface area (Å²) >= 11 is 0. The number of rotatable bonds is 3. The van der Waals surface area contributed by atoms with Gasteiger partial charge in [-0.05, 0) is 29.8 Å². The number of hydrogen-bond donors (Lipinski definition) is 2. The molecule has 3 rings (SSSR count). The second kappa shape index (κ2) is 6.06. The first-order valence-corrected chi connectivity index (χ1v) is 7.00. The predicted molar refractivity (Wildman–Crippen MR) is 82.4 cm³/mol. The molecule has 2 N–H and O–H groups in total. The van der Waals surface area contributed by atoms with Crippen LogP contribution < -0.4 is 0 Å². The minimum atomic E-state index is -4.70. The molecule has 0 bridgehead atoms. The van der Waals surface area contributed by atoms with Gasteiger partial charge in [-0.15, -0.1) is 0 Å². The van der Waals surface area contributed by atoms with Crippen molar-refractivity contribution >= 4 is 5.69 Å². The fourth-order valence-corrected chi connectivity index (χ4v) is 2.37. The molecule has 0 unspecified atom stereocenters. The molecule has 0 amide bonds. The van der Waals surface area contributed by atoms with Gasteiger partial charge < -0.3 is 14.6 Å². The molecule has 2 aromatic heterocycles. The van der Waals surface area contributed by atoms with E-state index in [4.69, 9.17) is 4.42 Å². The molecule has 0 atom stereocenters. The van der Waals surface area contributed by atoms with Crippen LogP contribution in [-0.4, -0.2) is 20.1 Å². The van der Waals surface area contributed by atoms with Crippen LogP contribution in [0.5, 0.6) is 11.5 Å². The maximum atomic E-state index is 13.1. The Morgan fingerprint density at radius 2 is 1.88 bits per heavy atom. The Morgan fingerprint density at radius 1 is 1.15 bits per heavy atom. The third-order valence-corrected chi connectivity index (χ3v) is 3.54. The zero-order chi connectivity index (χ0) is 19.1. The van der Waals surface area contributed by atoms with Crippen LogP contribution in [-0.2, 0) is 6.18 Å². The highest BCUT2D eigenvalue weighted by molar-refractivity contribution is 5.75. The second-order valence-electron chi connectivity index (χ2n) is 5.22. The van der Waals surface area contributed by atoms with Crippen LogP contribution in [0.25, 0.3) is 22.5 Å². The molecule has 26 heavy (non-hydrogen) atoms. The number of pyridine rings is 1. The summed E-state index contributed by atoms with van der Waals surface area (Å²) in [5, 5.41) is 30.0. The van der Waals surface area contributed by atoms with E-state index < -0.39 is 34.0 Å². The molecule has 10 heteroatoms. The van der Waals surface area contributed by atoms with Crippen LogP contribution in [0.2, 0.25) is 0 Å². The average Bonchev–Trinajstić information content (AvgIpc) is 3.06. The highest BCUT2D eigenvalue weighted by atomic mass is 19.4. The number of aromatic hydroxyl groups is 2. The number of benzene rings is 1. The summed E-state index contributed by atoms with van der Waals surface area (Å²) in [5.41, 5.74) is -1.93. The maximum absolute atomic E-state index is 13.1. The van der Waals surface area contributed by atoms with Gasteiger partial charge in [-0.3, -0.25) is 15.1 Å². The first-order chi connectivity index (χ1) is 12.2. The Hall–Kier alpha value is -3.56. The molecule has 3 aromatic rings. The van der Waals surface area contributed by atoms with Gasteiger partial charge in [0.1, 0.15) is 5.76 Å². The Morgan fingerprint density at radius 3 is 2.54 bits per heavy atom. The van der Waals surface area contributed by atoms with Gasteiger partial charge >= 0.3 is 11.9 Å². The fourth-order valence-electron chi connectivity index (χ4n) is 2.37. The topological polar surface area (TPSA) is 110 Å². The van der Waals surface area contributed by atoms with E-state index in [2.05, 4.69) is 4.98 Å². The SMILES string of the molecule is O=[N+]([O-])c1cc(-c2coc(-c3cccnc3C(F)(F)F)c2)cc(O)c1O. The molecule has 0 aliphatic heterocycles. The molecule has 1 aromatic carbocycles. The lowest BCUT2D eigenvalue weighted by Gasteiger charge is -2.09. The lowest BCUT2D eigenvalue weighted by Crippen LogP contribution is -2.09. The van der Waals surface area contributed by atoms with Crippen molar-refractivity contribution in [3.63, 3.8) is 0 Å².